The summed E-state index contributed by atoms with van der Waals surface area (Å²) in [7, 11) is 0. The summed E-state index contributed by atoms with van der Waals surface area (Å²) in [4.78, 5) is 16.4. The van der Waals surface area contributed by atoms with E-state index < -0.39 is 0 Å². The fourth-order valence-electron chi connectivity index (χ4n) is 2.78. The topological polar surface area (TPSA) is 44.8 Å². The van der Waals surface area contributed by atoms with Gasteiger partial charge in [-0.3, -0.25) is 9.69 Å². The van der Waals surface area contributed by atoms with E-state index in [1.54, 1.807) is 0 Å². The summed E-state index contributed by atoms with van der Waals surface area (Å²) in [5, 5.41) is 3.27. The zero-order valence-electron chi connectivity index (χ0n) is 12.1. The lowest BCUT2D eigenvalue weighted by Crippen LogP contribution is -2.45. The van der Waals surface area contributed by atoms with Gasteiger partial charge in [0.25, 0.3) is 0 Å². The summed E-state index contributed by atoms with van der Waals surface area (Å²) in [5.41, 5.74) is 0. The summed E-state index contributed by atoms with van der Waals surface area (Å²) >= 11 is 0. The molecule has 0 radical (unpaired) electrons. The van der Waals surface area contributed by atoms with Crippen LogP contribution in [0.25, 0.3) is 0 Å². The quantitative estimate of drug-likeness (QED) is 0.723. The number of carbonyl (C=O) groups excluding carboxylic acids is 1. The number of amides is 1. The molecule has 0 bridgehead atoms. The highest BCUT2D eigenvalue weighted by molar-refractivity contribution is 5.78. The number of carbonyl (C=O) groups is 1. The lowest BCUT2D eigenvalue weighted by molar-refractivity contribution is -0.131. The molecule has 1 atom stereocenters. The van der Waals surface area contributed by atoms with Gasteiger partial charge >= 0.3 is 0 Å². The van der Waals surface area contributed by atoms with Gasteiger partial charge in [-0.2, -0.15) is 0 Å². The highest BCUT2D eigenvalue weighted by Crippen LogP contribution is 2.14. The van der Waals surface area contributed by atoms with Crippen LogP contribution < -0.4 is 5.32 Å². The maximum Gasteiger partial charge on any atom is 0.236 e. The maximum absolute atomic E-state index is 12.0. The van der Waals surface area contributed by atoms with Crippen molar-refractivity contribution in [2.75, 3.05) is 59.0 Å². The Labute approximate surface area is 116 Å². The second-order valence-electron chi connectivity index (χ2n) is 5.72. The van der Waals surface area contributed by atoms with Crippen LogP contribution in [0.1, 0.15) is 19.8 Å². The third-order valence-corrected chi connectivity index (χ3v) is 3.99. The van der Waals surface area contributed by atoms with Crippen LogP contribution in [0.3, 0.4) is 0 Å². The first-order valence-electron chi connectivity index (χ1n) is 7.54. The predicted molar refractivity (Wildman–Crippen MR) is 75.1 cm³/mol. The summed E-state index contributed by atoms with van der Waals surface area (Å²) < 4.78 is 5.31. The Bertz CT molecular complexity index is 280. The molecule has 2 heterocycles. The van der Waals surface area contributed by atoms with Gasteiger partial charge in [0, 0.05) is 39.3 Å². The molecule has 5 nitrogen and oxygen atoms in total. The van der Waals surface area contributed by atoms with Crippen molar-refractivity contribution in [1.29, 1.82) is 0 Å². The molecule has 110 valence electrons. The van der Waals surface area contributed by atoms with Gasteiger partial charge in [0.2, 0.25) is 5.91 Å². The highest BCUT2D eigenvalue weighted by Gasteiger charge is 2.20. The van der Waals surface area contributed by atoms with E-state index in [4.69, 9.17) is 4.74 Å². The van der Waals surface area contributed by atoms with E-state index in [1.165, 1.54) is 6.42 Å². The van der Waals surface area contributed by atoms with E-state index in [2.05, 4.69) is 17.1 Å². The molecule has 5 heteroatoms. The molecule has 0 aromatic rings. The molecule has 2 aliphatic heterocycles. The molecule has 2 fully saturated rings. The summed E-state index contributed by atoms with van der Waals surface area (Å²) in [6.45, 7) is 10.2. The molecule has 0 saturated carbocycles. The van der Waals surface area contributed by atoms with Crippen LogP contribution in [0.15, 0.2) is 0 Å². The minimum absolute atomic E-state index is 0.258. The van der Waals surface area contributed by atoms with Gasteiger partial charge in [-0.25, -0.2) is 0 Å². The SMILES string of the molecule is CC1CCCN(C(=O)CNCCN2CCOCC2)C1. The molecule has 2 rings (SSSR count). The molecular weight excluding hydrogens is 242 g/mol. The normalized spacial score (nSPS) is 25.5. The van der Waals surface area contributed by atoms with E-state index in [-0.39, 0.29) is 5.91 Å². The molecule has 2 aliphatic rings. The lowest BCUT2D eigenvalue weighted by atomic mass is 10.0. The third-order valence-electron chi connectivity index (χ3n) is 3.99. The predicted octanol–water partition coefficient (Wildman–Crippen LogP) is 0.167. The van der Waals surface area contributed by atoms with Crippen molar-refractivity contribution < 1.29 is 9.53 Å². The molecule has 1 unspecified atom stereocenters. The molecule has 0 aliphatic carbocycles. The first-order valence-corrected chi connectivity index (χ1v) is 7.54. The van der Waals surface area contributed by atoms with Crippen LogP contribution in [-0.4, -0.2) is 74.7 Å². The molecule has 0 aromatic carbocycles. The van der Waals surface area contributed by atoms with Crippen LogP contribution in [0.4, 0.5) is 0 Å². The van der Waals surface area contributed by atoms with Gasteiger partial charge in [-0.05, 0) is 18.8 Å². The van der Waals surface area contributed by atoms with Gasteiger partial charge in [-0.15, -0.1) is 0 Å². The monoisotopic (exact) mass is 269 g/mol. The smallest absolute Gasteiger partial charge is 0.236 e. The number of rotatable bonds is 5. The van der Waals surface area contributed by atoms with Crippen LogP contribution in [-0.2, 0) is 9.53 Å². The standard InChI is InChI=1S/C14H27N3O2/c1-13-3-2-5-17(12-13)14(18)11-15-4-6-16-7-9-19-10-8-16/h13,15H,2-12H2,1H3. The average molecular weight is 269 g/mol. The van der Waals surface area contributed by atoms with Crippen LogP contribution in [0.2, 0.25) is 0 Å². The second kappa shape index (κ2) is 7.82. The largest absolute Gasteiger partial charge is 0.379 e. The van der Waals surface area contributed by atoms with Gasteiger partial charge in [0.15, 0.2) is 0 Å². The Kier molecular flexibility index (Phi) is 6.07. The second-order valence-corrected chi connectivity index (χ2v) is 5.72. The molecule has 1 amide bonds. The van der Waals surface area contributed by atoms with Crippen LogP contribution in [0, 0.1) is 5.92 Å². The van der Waals surface area contributed by atoms with Crippen molar-refractivity contribution in [3.8, 4) is 0 Å². The Morgan fingerprint density at radius 1 is 1.32 bits per heavy atom. The zero-order valence-corrected chi connectivity index (χ0v) is 12.1. The van der Waals surface area contributed by atoms with Crippen molar-refractivity contribution >= 4 is 5.91 Å². The fraction of sp³-hybridized carbons (Fsp3) is 0.929. The summed E-state index contributed by atoms with van der Waals surface area (Å²) in [6.07, 6.45) is 2.41. The minimum Gasteiger partial charge on any atom is -0.379 e. The van der Waals surface area contributed by atoms with Crippen molar-refractivity contribution in [3.63, 3.8) is 0 Å². The summed E-state index contributed by atoms with van der Waals surface area (Å²) in [6, 6.07) is 0. The number of nitrogens with one attached hydrogen (secondary N) is 1. The van der Waals surface area contributed by atoms with E-state index in [9.17, 15) is 4.79 Å². The number of hydrogen-bond acceptors (Lipinski definition) is 4. The molecule has 0 spiro atoms. The van der Waals surface area contributed by atoms with Gasteiger partial charge in [0.05, 0.1) is 19.8 Å². The van der Waals surface area contributed by atoms with E-state index in [0.717, 1.165) is 58.9 Å². The van der Waals surface area contributed by atoms with Gasteiger partial charge in [-0.1, -0.05) is 6.92 Å². The first kappa shape index (κ1) is 14.8. The number of hydrogen-bond donors (Lipinski definition) is 1. The third kappa shape index (κ3) is 5.09. The van der Waals surface area contributed by atoms with Crippen molar-refractivity contribution in [1.82, 2.24) is 15.1 Å². The number of ether oxygens (including phenoxy) is 1. The Balaban J connectivity index is 1.55. The van der Waals surface area contributed by atoms with E-state index in [0.29, 0.717) is 12.5 Å². The molecule has 19 heavy (non-hydrogen) atoms. The van der Waals surface area contributed by atoms with Gasteiger partial charge < -0.3 is 15.0 Å². The fourth-order valence-corrected chi connectivity index (χ4v) is 2.78. The van der Waals surface area contributed by atoms with Gasteiger partial charge in [0.1, 0.15) is 0 Å². The van der Waals surface area contributed by atoms with Crippen molar-refractivity contribution in [2.24, 2.45) is 5.92 Å². The number of piperidine rings is 1. The maximum atomic E-state index is 12.0. The van der Waals surface area contributed by atoms with E-state index in [1.807, 2.05) is 4.90 Å². The molecule has 1 N–H and O–H groups in total. The zero-order chi connectivity index (χ0) is 13.5. The highest BCUT2D eigenvalue weighted by atomic mass is 16.5. The van der Waals surface area contributed by atoms with E-state index >= 15 is 0 Å². The average Bonchev–Trinajstić information content (AvgIpc) is 2.44. The number of morpholine rings is 1. The first-order chi connectivity index (χ1) is 9.25. The molecule has 2 saturated heterocycles. The lowest BCUT2D eigenvalue weighted by Gasteiger charge is -2.31. The van der Waals surface area contributed by atoms with Crippen molar-refractivity contribution in [3.05, 3.63) is 0 Å². The Morgan fingerprint density at radius 2 is 2.11 bits per heavy atom. The number of likely N-dealkylation sites (tertiary alicyclic amines) is 1. The van der Waals surface area contributed by atoms with Crippen LogP contribution in [0.5, 0.6) is 0 Å². The minimum atomic E-state index is 0.258. The summed E-state index contributed by atoms with van der Waals surface area (Å²) in [5.74, 6) is 0.916. The number of nitrogens with zero attached hydrogens (tertiary/aromatic N) is 2. The van der Waals surface area contributed by atoms with Crippen molar-refractivity contribution in [2.45, 2.75) is 19.8 Å². The van der Waals surface area contributed by atoms with Crippen LogP contribution >= 0.6 is 0 Å². The Hall–Kier alpha value is -0.650. The Morgan fingerprint density at radius 3 is 2.84 bits per heavy atom. The molecule has 0 aromatic heterocycles. The molecular formula is C14H27N3O2.